The Morgan fingerprint density at radius 2 is 1.71 bits per heavy atom. The van der Waals surface area contributed by atoms with Gasteiger partial charge in [0.2, 0.25) is 0 Å². The lowest BCUT2D eigenvalue weighted by atomic mass is 10.1. The van der Waals surface area contributed by atoms with Crippen molar-refractivity contribution in [2.45, 2.75) is 19.6 Å². The topological polar surface area (TPSA) is 58.2 Å². The van der Waals surface area contributed by atoms with E-state index in [1.54, 1.807) is 36.6 Å². The maximum absolute atomic E-state index is 13.1. The summed E-state index contributed by atoms with van der Waals surface area (Å²) in [7, 11) is 0. The maximum atomic E-state index is 13.1. The normalized spacial score (nSPS) is 11.3. The van der Waals surface area contributed by atoms with Gasteiger partial charge in [0.15, 0.2) is 0 Å². The number of benzene rings is 2. The van der Waals surface area contributed by atoms with Gasteiger partial charge in [0, 0.05) is 11.6 Å². The Balaban J connectivity index is 1.79. The van der Waals surface area contributed by atoms with Crippen LogP contribution in [0, 0.1) is 6.92 Å². The fourth-order valence-electron chi connectivity index (χ4n) is 2.79. The van der Waals surface area contributed by atoms with Crippen LogP contribution < -0.4 is 10.6 Å². The second-order valence-corrected chi connectivity index (χ2v) is 8.25. The molecule has 0 aliphatic carbocycles. The molecule has 31 heavy (non-hydrogen) atoms. The number of hydrogen-bond acceptors (Lipinski definition) is 3. The quantitative estimate of drug-likeness (QED) is 0.428. The zero-order valence-electron chi connectivity index (χ0n) is 15.9. The van der Waals surface area contributed by atoms with E-state index >= 15 is 0 Å². The molecule has 2 N–H and O–H groups in total. The predicted octanol–water partition coefficient (Wildman–Crippen LogP) is 6.56. The summed E-state index contributed by atoms with van der Waals surface area (Å²) < 4.78 is 39.2. The van der Waals surface area contributed by atoms with Crippen molar-refractivity contribution < 1.29 is 22.8 Å². The number of rotatable bonds is 5. The number of thiophene rings is 1. The highest BCUT2D eigenvalue weighted by molar-refractivity contribution is 7.15. The average Bonchev–Trinajstić information content (AvgIpc) is 3.06. The largest absolute Gasteiger partial charge is 0.417 e. The Morgan fingerprint density at radius 3 is 2.35 bits per heavy atom. The summed E-state index contributed by atoms with van der Waals surface area (Å²) in [4.78, 5) is 25.3. The summed E-state index contributed by atoms with van der Waals surface area (Å²) in [6, 6.07) is 10.0. The summed E-state index contributed by atoms with van der Waals surface area (Å²) in [5, 5.41) is 7.01. The molecule has 0 atom stereocenters. The molecule has 0 aliphatic heterocycles. The zero-order chi connectivity index (χ0) is 22.8. The number of alkyl halides is 3. The van der Waals surface area contributed by atoms with Crippen LogP contribution >= 0.6 is 34.5 Å². The van der Waals surface area contributed by atoms with E-state index in [2.05, 4.69) is 10.6 Å². The molecule has 0 unspecified atom stereocenters. The fourth-order valence-corrected chi connectivity index (χ4v) is 4.17. The van der Waals surface area contributed by atoms with Crippen LogP contribution in [0.1, 0.15) is 37.4 Å². The summed E-state index contributed by atoms with van der Waals surface area (Å²) in [5.74, 6) is -1.27. The molecule has 0 saturated carbocycles. The molecule has 0 radical (unpaired) electrons. The van der Waals surface area contributed by atoms with Crippen molar-refractivity contribution in [3.63, 3.8) is 0 Å². The third-order valence-corrected chi connectivity index (χ3v) is 6.02. The Kier molecular flexibility index (Phi) is 6.93. The van der Waals surface area contributed by atoms with Crippen molar-refractivity contribution in [2.75, 3.05) is 5.32 Å². The smallest absolute Gasteiger partial charge is 0.348 e. The zero-order valence-corrected chi connectivity index (χ0v) is 18.3. The van der Waals surface area contributed by atoms with Gasteiger partial charge in [-0.25, -0.2) is 0 Å². The molecule has 4 nitrogen and oxygen atoms in total. The van der Waals surface area contributed by atoms with Gasteiger partial charge in [0.25, 0.3) is 11.8 Å². The number of hydrogen-bond donors (Lipinski definition) is 2. The minimum atomic E-state index is -4.69. The molecule has 1 aromatic heterocycles. The van der Waals surface area contributed by atoms with Crippen molar-refractivity contribution in [1.29, 1.82) is 0 Å². The van der Waals surface area contributed by atoms with Gasteiger partial charge in [-0.05, 0) is 47.7 Å². The van der Waals surface area contributed by atoms with Gasteiger partial charge in [-0.2, -0.15) is 13.2 Å². The minimum absolute atomic E-state index is 0.213. The van der Waals surface area contributed by atoms with Crippen LogP contribution in [0.3, 0.4) is 0 Å². The molecule has 0 fully saturated rings. The SMILES string of the molecule is Cc1csc(NC(=O)c2cccc(C(F)(F)F)c2Cl)c1C(=O)NCc1ccc(Cl)cc1. The van der Waals surface area contributed by atoms with E-state index in [0.29, 0.717) is 10.6 Å². The number of halogens is 5. The van der Waals surface area contributed by atoms with Crippen molar-refractivity contribution in [3.05, 3.63) is 85.7 Å². The molecule has 0 aliphatic rings. The lowest BCUT2D eigenvalue weighted by molar-refractivity contribution is -0.137. The van der Waals surface area contributed by atoms with E-state index in [0.717, 1.165) is 29.0 Å². The van der Waals surface area contributed by atoms with Gasteiger partial charge < -0.3 is 10.6 Å². The van der Waals surface area contributed by atoms with Crippen LogP contribution in [-0.2, 0) is 12.7 Å². The molecule has 0 bridgehead atoms. The summed E-state index contributed by atoms with van der Waals surface area (Å²) >= 11 is 12.8. The van der Waals surface area contributed by atoms with Crippen molar-refractivity contribution >= 4 is 51.4 Å². The Bertz CT molecular complexity index is 1130. The van der Waals surface area contributed by atoms with Gasteiger partial charge in [0.1, 0.15) is 5.00 Å². The number of nitrogens with one attached hydrogen (secondary N) is 2. The molecule has 3 rings (SSSR count). The molecule has 0 spiro atoms. The van der Waals surface area contributed by atoms with Crippen LogP contribution in [0.25, 0.3) is 0 Å². The average molecular weight is 487 g/mol. The van der Waals surface area contributed by atoms with E-state index in [9.17, 15) is 22.8 Å². The predicted molar refractivity (Wildman–Crippen MR) is 116 cm³/mol. The minimum Gasteiger partial charge on any atom is -0.348 e. The highest BCUT2D eigenvalue weighted by atomic mass is 35.5. The monoisotopic (exact) mass is 486 g/mol. The fraction of sp³-hybridized carbons (Fsp3) is 0.143. The number of carbonyl (C=O) groups is 2. The van der Waals surface area contributed by atoms with Gasteiger partial charge >= 0.3 is 6.18 Å². The second kappa shape index (κ2) is 9.30. The number of anilines is 1. The maximum Gasteiger partial charge on any atom is 0.417 e. The van der Waals surface area contributed by atoms with E-state index in [1.807, 2.05) is 0 Å². The van der Waals surface area contributed by atoms with E-state index in [4.69, 9.17) is 23.2 Å². The molecule has 3 aromatic rings. The number of carbonyl (C=O) groups excluding carboxylic acids is 2. The van der Waals surface area contributed by atoms with Crippen LogP contribution in [0.15, 0.2) is 47.8 Å². The van der Waals surface area contributed by atoms with E-state index in [-0.39, 0.29) is 22.7 Å². The summed E-state index contributed by atoms with van der Waals surface area (Å²) in [5.41, 5.74) is 0.228. The standard InChI is InChI=1S/C21H15Cl2F3N2O2S/c1-11-10-31-20(16(11)19(30)27-9-12-5-7-13(22)8-6-12)28-18(29)14-3-2-4-15(17(14)23)21(24,25)26/h2-8,10H,9H2,1H3,(H,27,30)(H,28,29). The van der Waals surface area contributed by atoms with Gasteiger partial charge in [-0.1, -0.05) is 41.4 Å². The van der Waals surface area contributed by atoms with Crippen molar-refractivity contribution in [2.24, 2.45) is 0 Å². The Morgan fingerprint density at radius 1 is 1.03 bits per heavy atom. The highest BCUT2D eigenvalue weighted by Crippen LogP contribution is 2.37. The first-order valence-corrected chi connectivity index (χ1v) is 10.5. The van der Waals surface area contributed by atoms with E-state index in [1.165, 1.54) is 6.07 Å². The van der Waals surface area contributed by atoms with Crippen LogP contribution in [0.2, 0.25) is 10.0 Å². The van der Waals surface area contributed by atoms with E-state index < -0.39 is 28.6 Å². The van der Waals surface area contributed by atoms with Crippen LogP contribution in [0.5, 0.6) is 0 Å². The first-order chi connectivity index (χ1) is 14.6. The Labute approximate surface area is 190 Å². The molecule has 162 valence electrons. The highest BCUT2D eigenvalue weighted by Gasteiger charge is 2.34. The molecule has 10 heteroatoms. The lowest BCUT2D eigenvalue weighted by Gasteiger charge is -2.13. The Hall–Kier alpha value is -2.55. The summed E-state index contributed by atoms with van der Waals surface area (Å²) in [6.45, 7) is 1.93. The third kappa shape index (κ3) is 5.39. The molecular formula is C21H15Cl2F3N2O2S. The molecule has 1 heterocycles. The van der Waals surface area contributed by atoms with Crippen LogP contribution in [-0.4, -0.2) is 11.8 Å². The van der Waals surface area contributed by atoms with Gasteiger partial charge in [-0.15, -0.1) is 11.3 Å². The lowest BCUT2D eigenvalue weighted by Crippen LogP contribution is -2.24. The molecule has 0 saturated heterocycles. The first kappa shape index (κ1) is 23.1. The summed E-state index contributed by atoms with van der Waals surface area (Å²) in [6.07, 6.45) is -4.69. The number of amides is 2. The van der Waals surface area contributed by atoms with Crippen LogP contribution in [0.4, 0.5) is 18.2 Å². The first-order valence-electron chi connectivity index (χ1n) is 8.85. The molecular weight excluding hydrogens is 472 g/mol. The second-order valence-electron chi connectivity index (χ2n) is 6.55. The third-order valence-electron chi connectivity index (χ3n) is 4.34. The van der Waals surface area contributed by atoms with Gasteiger partial charge in [-0.3, -0.25) is 9.59 Å². The molecule has 2 aromatic carbocycles. The van der Waals surface area contributed by atoms with Gasteiger partial charge in [0.05, 0.1) is 21.7 Å². The molecule has 2 amide bonds. The van der Waals surface area contributed by atoms with Crippen molar-refractivity contribution in [1.82, 2.24) is 5.32 Å². The van der Waals surface area contributed by atoms with Crippen molar-refractivity contribution in [3.8, 4) is 0 Å². The number of aryl methyl sites for hydroxylation is 1.